The molecule has 0 spiro atoms. The van der Waals surface area contributed by atoms with Crippen LogP contribution in [0.1, 0.15) is 41.5 Å². The molecule has 0 aliphatic rings. The topological polar surface area (TPSA) is 106 Å². The summed E-state index contributed by atoms with van der Waals surface area (Å²) in [6, 6.07) is 12.9. The highest BCUT2D eigenvalue weighted by atomic mass is 16.5. The minimum atomic E-state index is -0.471. The summed E-state index contributed by atoms with van der Waals surface area (Å²) < 4.78 is 10.7. The number of hydrazine groups is 1. The van der Waals surface area contributed by atoms with E-state index in [2.05, 4.69) is 16.2 Å². The van der Waals surface area contributed by atoms with Crippen molar-refractivity contribution in [3.8, 4) is 5.75 Å². The van der Waals surface area contributed by atoms with Gasteiger partial charge < -0.3 is 14.8 Å². The average Bonchev–Trinajstić information content (AvgIpc) is 2.75. The first-order valence-electron chi connectivity index (χ1n) is 9.73. The molecule has 0 radical (unpaired) electrons. The van der Waals surface area contributed by atoms with Crippen LogP contribution < -0.4 is 20.9 Å². The summed E-state index contributed by atoms with van der Waals surface area (Å²) in [6.45, 7) is 7.05. The van der Waals surface area contributed by atoms with Crippen LogP contribution in [-0.2, 0) is 9.53 Å². The number of nitrogens with one attached hydrogen (secondary N) is 3. The first kappa shape index (κ1) is 22.9. The summed E-state index contributed by atoms with van der Waals surface area (Å²) in [4.78, 5) is 36.1. The predicted octanol–water partition coefficient (Wildman–Crippen LogP) is 2.77. The van der Waals surface area contributed by atoms with E-state index in [1.807, 2.05) is 6.92 Å². The molecule has 3 N–H and O–H groups in total. The van der Waals surface area contributed by atoms with Crippen LogP contribution in [0.15, 0.2) is 48.5 Å². The van der Waals surface area contributed by atoms with E-state index in [9.17, 15) is 14.4 Å². The quantitative estimate of drug-likeness (QED) is 0.433. The van der Waals surface area contributed by atoms with Crippen molar-refractivity contribution in [2.75, 3.05) is 25.1 Å². The molecular formula is C22H27N3O5. The van der Waals surface area contributed by atoms with Crippen LogP contribution in [0.2, 0.25) is 0 Å². The Morgan fingerprint density at radius 1 is 0.833 bits per heavy atom. The molecule has 0 heterocycles. The van der Waals surface area contributed by atoms with Gasteiger partial charge in [-0.1, -0.05) is 13.8 Å². The number of amides is 3. The summed E-state index contributed by atoms with van der Waals surface area (Å²) >= 11 is 0. The van der Waals surface area contributed by atoms with Crippen LogP contribution in [0.3, 0.4) is 0 Å². The number of hydrogen-bond donors (Lipinski definition) is 3. The molecule has 0 saturated heterocycles. The Bertz CT molecular complexity index is 848. The van der Waals surface area contributed by atoms with E-state index in [0.29, 0.717) is 42.4 Å². The summed E-state index contributed by atoms with van der Waals surface area (Å²) in [5.41, 5.74) is 6.05. The zero-order valence-corrected chi connectivity index (χ0v) is 17.4. The van der Waals surface area contributed by atoms with E-state index in [4.69, 9.17) is 9.47 Å². The van der Waals surface area contributed by atoms with E-state index < -0.39 is 11.8 Å². The van der Waals surface area contributed by atoms with Gasteiger partial charge in [0.25, 0.3) is 11.8 Å². The number of rotatable bonds is 9. The van der Waals surface area contributed by atoms with Crippen molar-refractivity contribution in [2.45, 2.75) is 20.8 Å². The largest absolute Gasteiger partial charge is 0.491 e. The summed E-state index contributed by atoms with van der Waals surface area (Å²) in [6.07, 6.45) is 0. The first-order valence-corrected chi connectivity index (χ1v) is 9.73. The second-order valence-corrected chi connectivity index (χ2v) is 6.70. The SMILES string of the molecule is CCOCCOc1ccc(C(=O)NNC(=O)c2ccc(NC(=O)C(C)C)cc2)cc1. The van der Waals surface area contributed by atoms with Gasteiger partial charge in [0.05, 0.1) is 6.61 Å². The molecule has 0 bridgehead atoms. The average molecular weight is 413 g/mol. The van der Waals surface area contributed by atoms with Crippen molar-refractivity contribution >= 4 is 23.4 Å². The van der Waals surface area contributed by atoms with Gasteiger partial charge in [-0.15, -0.1) is 0 Å². The fraction of sp³-hybridized carbons (Fsp3) is 0.318. The highest BCUT2D eigenvalue weighted by molar-refractivity contribution is 5.99. The van der Waals surface area contributed by atoms with Crippen LogP contribution in [-0.4, -0.2) is 37.5 Å². The standard InChI is InChI=1S/C22H27N3O5/c1-4-29-13-14-30-19-11-7-17(8-12-19)22(28)25-24-21(27)16-5-9-18(10-6-16)23-20(26)15(2)3/h5-12,15H,4,13-14H2,1-3H3,(H,23,26)(H,24,27)(H,25,28). The van der Waals surface area contributed by atoms with E-state index in [-0.39, 0.29) is 11.8 Å². The van der Waals surface area contributed by atoms with Gasteiger partial charge in [-0.25, -0.2) is 0 Å². The van der Waals surface area contributed by atoms with Crippen LogP contribution in [0.25, 0.3) is 0 Å². The fourth-order valence-electron chi connectivity index (χ4n) is 2.31. The Morgan fingerprint density at radius 2 is 1.37 bits per heavy atom. The zero-order chi connectivity index (χ0) is 21.9. The molecule has 0 unspecified atom stereocenters. The van der Waals surface area contributed by atoms with Crippen molar-refractivity contribution in [1.82, 2.24) is 10.9 Å². The number of ether oxygens (including phenoxy) is 2. The maximum absolute atomic E-state index is 12.2. The number of anilines is 1. The van der Waals surface area contributed by atoms with Crippen molar-refractivity contribution in [2.24, 2.45) is 5.92 Å². The molecule has 0 aliphatic carbocycles. The molecule has 160 valence electrons. The highest BCUT2D eigenvalue weighted by Crippen LogP contribution is 2.13. The normalized spacial score (nSPS) is 10.4. The molecule has 8 nitrogen and oxygen atoms in total. The third kappa shape index (κ3) is 7.21. The van der Waals surface area contributed by atoms with Crippen LogP contribution in [0, 0.1) is 5.92 Å². The molecule has 2 aromatic rings. The first-order chi connectivity index (χ1) is 14.4. The molecule has 30 heavy (non-hydrogen) atoms. The molecule has 2 aromatic carbocycles. The van der Waals surface area contributed by atoms with Crippen molar-refractivity contribution < 1.29 is 23.9 Å². The van der Waals surface area contributed by atoms with E-state index >= 15 is 0 Å². The number of hydrogen-bond acceptors (Lipinski definition) is 5. The molecule has 0 fully saturated rings. The van der Waals surface area contributed by atoms with Gasteiger partial charge in [-0.05, 0) is 55.5 Å². The third-order valence-corrected chi connectivity index (χ3v) is 4.05. The third-order valence-electron chi connectivity index (χ3n) is 4.05. The lowest BCUT2D eigenvalue weighted by Gasteiger charge is -2.10. The molecule has 0 aromatic heterocycles. The van der Waals surface area contributed by atoms with Crippen LogP contribution >= 0.6 is 0 Å². The molecule has 3 amide bonds. The van der Waals surface area contributed by atoms with Crippen LogP contribution in [0.4, 0.5) is 5.69 Å². The second-order valence-electron chi connectivity index (χ2n) is 6.70. The van der Waals surface area contributed by atoms with E-state index in [0.717, 1.165) is 0 Å². The van der Waals surface area contributed by atoms with Crippen molar-refractivity contribution in [3.05, 3.63) is 59.7 Å². The zero-order valence-electron chi connectivity index (χ0n) is 17.4. The maximum Gasteiger partial charge on any atom is 0.269 e. The molecular weight excluding hydrogens is 386 g/mol. The Balaban J connectivity index is 1.82. The molecule has 0 saturated carbocycles. The van der Waals surface area contributed by atoms with Crippen LogP contribution in [0.5, 0.6) is 5.75 Å². The summed E-state index contributed by atoms with van der Waals surface area (Å²) in [5.74, 6) is -0.546. The highest BCUT2D eigenvalue weighted by Gasteiger charge is 2.11. The minimum Gasteiger partial charge on any atom is -0.491 e. The van der Waals surface area contributed by atoms with Gasteiger partial charge in [-0.2, -0.15) is 0 Å². The van der Waals surface area contributed by atoms with Gasteiger partial charge in [0.15, 0.2) is 0 Å². The molecule has 0 aliphatic heterocycles. The Morgan fingerprint density at radius 3 is 1.87 bits per heavy atom. The lowest BCUT2D eigenvalue weighted by molar-refractivity contribution is -0.118. The number of carbonyl (C=O) groups excluding carboxylic acids is 3. The lowest BCUT2D eigenvalue weighted by Crippen LogP contribution is -2.41. The monoisotopic (exact) mass is 413 g/mol. The Hall–Kier alpha value is -3.39. The van der Waals surface area contributed by atoms with Crippen molar-refractivity contribution in [3.63, 3.8) is 0 Å². The van der Waals surface area contributed by atoms with Gasteiger partial charge in [0, 0.05) is 29.3 Å². The molecule has 8 heteroatoms. The number of carbonyl (C=O) groups is 3. The summed E-state index contributed by atoms with van der Waals surface area (Å²) in [5, 5.41) is 2.75. The predicted molar refractivity (Wildman–Crippen MR) is 113 cm³/mol. The van der Waals surface area contributed by atoms with Gasteiger partial charge in [0.1, 0.15) is 12.4 Å². The Kier molecular flexibility index (Phi) is 8.83. The fourth-order valence-corrected chi connectivity index (χ4v) is 2.31. The van der Waals surface area contributed by atoms with Gasteiger partial charge >= 0.3 is 0 Å². The second kappa shape index (κ2) is 11.6. The van der Waals surface area contributed by atoms with Gasteiger partial charge in [0.2, 0.25) is 5.91 Å². The molecule has 0 atom stereocenters. The smallest absolute Gasteiger partial charge is 0.269 e. The van der Waals surface area contributed by atoms with E-state index in [1.165, 1.54) is 0 Å². The maximum atomic E-state index is 12.2. The Labute approximate surface area is 175 Å². The summed E-state index contributed by atoms with van der Waals surface area (Å²) in [7, 11) is 0. The van der Waals surface area contributed by atoms with Gasteiger partial charge in [-0.3, -0.25) is 25.2 Å². The minimum absolute atomic E-state index is 0.106. The molecule has 2 rings (SSSR count). The lowest BCUT2D eigenvalue weighted by atomic mass is 10.1. The number of benzene rings is 2. The van der Waals surface area contributed by atoms with Crippen molar-refractivity contribution in [1.29, 1.82) is 0 Å². The van der Waals surface area contributed by atoms with E-state index in [1.54, 1.807) is 62.4 Å².